The van der Waals surface area contributed by atoms with Gasteiger partial charge in [0.05, 0.1) is 12.3 Å². The van der Waals surface area contributed by atoms with Crippen molar-refractivity contribution in [2.75, 3.05) is 19.7 Å². The molecule has 4 nitrogen and oxygen atoms in total. The van der Waals surface area contributed by atoms with Gasteiger partial charge in [0.15, 0.2) is 5.89 Å². The molecule has 1 aliphatic heterocycles. The van der Waals surface area contributed by atoms with Gasteiger partial charge in [0.25, 0.3) is 0 Å². The van der Waals surface area contributed by atoms with E-state index in [-0.39, 0.29) is 0 Å². The van der Waals surface area contributed by atoms with Crippen LogP contribution in [0.1, 0.15) is 38.3 Å². The smallest absolute Gasteiger partial charge is 0.195 e. The summed E-state index contributed by atoms with van der Waals surface area (Å²) < 4.78 is 11.3. The Morgan fingerprint density at radius 1 is 1.50 bits per heavy atom. The second-order valence-electron chi connectivity index (χ2n) is 5.41. The highest BCUT2D eigenvalue weighted by Crippen LogP contribution is 2.17. The molecule has 0 spiro atoms. The molecule has 1 aliphatic rings. The largest absolute Gasteiger partial charge is 0.446 e. The van der Waals surface area contributed by atoms with Gasteiger partial charge in [-0.2, -0.15) is 0 Å². The molecule has 1 N–H and O–H groups in total. The van der Waals surface area contributed by atoms with Gasteiger partial charge in [0, 0.05) is 26.0 Å². The fourth-order valence-electron chi connectivity index (χ4n) is 2.17. The third-order valence-corrected chi connectivity index (χ3v) is 3.12. The van der Waals surface area contributed by atoms with Gasteiger partial charge in [-0.3, -0.25) is 0 Å². The van der Waals surface area contributed by atoms with Crippen LogP contribution in [-0.4, -0.2) is 30.8 Å². The molecule has 1 unspecified atom stereocenters. The zero-order chi connectivity index (χ0) is 12.8. The SMILES string of the molecule is CC(C)CNCCc1ncc(CC2CCCO2)o1. The molecule has 0 aromatic carbocycles. The fourth-order valence-corrected chi connectivity index (χ4v) is 2.17. The summed E-state index contributed by atoms with van der Waals surface area (Å²) in [4.78, 5) is 4.31. The van der Waals surface area contributed by atoms with Crippen molar-refractivity contribution in [2.24, 2.45) is 5.92 Å². The molecule has 0 bridgehead atoms. The second kappa shape index (κ2) is 6.90. The summed E-state index contributed by atoms with van der Waals surface area (Å²) >= 11 is 0. The van der Waals surface area contributed by atoms with Crippen LogP contribution in [0.25, 0.3) is 0 Å². The van der Waals surface area contributed by atoms with E-state index in [2.05, 4.69) is 24.1 Å². The van der Waals surface area contributed by atoms with Crippen LogP contribution in [0.15, 0.2) is 10.6 Å². The minimum atomic E-state index is 0.338. The van der Waals surface area contributed by atoms with Crippen molar-refractivity contribution in [3.63, 3.8) is 0 Å². The Morgan fingerprint density at radius 2 is 2.39 bits per heavy atom. The van der Waals surface area contributed by atoms with Crippen molar-refractivity contribution in [3.8, 4) is 0 Å². The number of aromatic nitrogens is 1. The fraction of sp³-hybridized carbons (Fsp3) is 0.786. The van der Waals surface area contributed by atoms with Crippen molar-refractivity contribution in [1.82, 2.24) is 10.3 Å². The van der Waals surface area contributed by atoms with Gasteiger partial charge in [0.1, 0.15) is 5.76 Å². The van der Waals surface area contributed by atoms with Crippen molar-refractivity contribution >= 4 is 0 Å². The van der Waals surface area contributed by atoms with Crippen molar-refractivity contribution in [1.29, 1.82) is 0 Å². The number of ether oxygens (including phenoxy) is 1. The Labute approximate surface area is 109 Å². The third-order valence-electron chi connectivity index (χ3n) is 3.12. The molecular formula is C14H24N2O2. The maximum absolute atomic E-state index is 5.72. The number of oxazole rings is 1. The number of rotatable bonds is 7. The highest BCUT2D eigenvalue weighted by molar-refractivity contribution is 4.97. The molecular weight excluding hydrogens is 228 g/mol. The molecule has 1 aromatic heterocycles. The van der Waals surface area contributed by atoms with Crippen LogP contribution in [0.3, 0.4) is 0 Å². The molecule has 18 heavy (non-hydrogen) atoms. The van der Waals surface area contributed by atoms with Crippen LogP contribution in [0, 0.1) is 5.92 Å². The first kappa shape index (κ1) is 13.6. The van der Waals surface area contributed by atoms with Crippen molar-refractivity contribution in [2.45, 2.75) is 45.6 Å². The first-order valence-corrected chi connectivity index (χ1v) is 7.00. The van der Waals surface area contributed by atoms with Crippen LogP contribution < -0.4 is 5.32 Å². The summed E-state index contributed by atoms with van der Waals surface area (Å²) in [5, 5.41) is 3.39. The van der Waals surface area contributed by atoms with Gasteiger partial charge >= 0.3 is 0 Å². The molecule has 1 atom stereocenters. The first-order chi connectivity index (χ1) is 8.74. The van der Waals surface area contributed by atoms with Gasteiger partial charge in [-0.25, -0.2) is 4.98 Å². The lowest BCUT2D eigenvalue weighted by atomic mass is 10.1. The van der Waals surface area contributed by atoms with E-state index in [0.29, 0.717) is 12.0 Å². The van der Waals surface area contributed by atoms with Crippen LogP contribution in [0.5, 0.6) is 0 Å². The normalized spacial score (nSPS) is 19.8. The molecule has 0 amide bonds. The molecule has 0 aliphatic carbocycles. The lowest BCUT2D eigenvalue weighted by Crippen LogP contribution is -2.22. The summed E-state index contributed by atoms with van der Waals surface area (Å²) in [6, 6.07) is 0. The van der Waals surface area contributed by atoms with E-state index in [0.717, 1.165) is 50.6 Å². The summed E-state index contributed by atoms with van der Waals surface area (Å²) in [6.45, 7) is 7.28. The van der Waals surface area contributed by atoms with E-state index < -0.39 is 0 Å². The zero-order valence-electron chi connectivity index (χ0n) is 11.4. The Bertz CT molecular complexity index is 343. The van der Waals surface area contributed by atoms with Crippen molar-refractivity contribution in [3.05, 3.63) is 17.8 Å². The van der Waals surface area contributed by atoms with Gasteiger partial charge in [0.2, 0.25) is 0 Å². The summed E-state index contributed by atoms with van der Waals surface area (Å²) in [5.41, 5.74) is 0. The monoisotopic (exact) mass is 252 g/mol. The molecule has 0 saturated carbocycles. The average molecular weight is 252 g/mol. The summed E-state index contributed by atoms with van der Waals surface area (Å²) in [6.07, 6.45) is 6.23. The molecule has 2 heterocycles. The predicted octanol–water partition coefficient (Wildman–Crippen LogP) is 2.18. The lowest BCUT2D eigenvalue weighted by Gasteiger charge is -2.06. The third kappa shape index (κ3) is 4.42. The summed E-state index contributed by atoms with van der Waals surface area (Å²) in [7, 11) is 0. The minimum Gasteiger partial charge on any atom is -0.446 e. The molecule has 102 valence electrons. The predicted molar refractivity (Wildman–Crippen MR) is 70.6 cm³/mol. The van der Waals surface area contributed by atoms with E-state index in [1.165, 1.54) is 6.42 Å². The summed E-state index contributed by atoms with van der Waals surface area (Å²) in [5.74, 6) is 2.48. The van der Waals surface area contributed by atoms with Crippen LogP contribution in [-0.2, 0) is 17.6 Å². The number of nitrogens with one attached hydrogen (secondary N) is 1. The molecule has 1 fully saturated rings. The lowest BCUT2D eigenvalue weighted by molar-refractivity contribution is 0.106. The molecule has 1 saturated heterocycles. The van der Waals surface area contributed by atoms with Crippen LogP contribution in [0.2, 0.25) is 0 Å². The van der Waals surface area contributed by atoms with Crippen LogP contribution in [0.4, 0.5) is 0 Å². The Morgan fingerprint density at radius 3 is 3.11 bits per heavy atom. The first-order valence-electron chi connectivity index (χ1n) is 7.00. The highest BCUT2D eigenvalue weighted by atomic mass is 16.5. The standard InChI is InChI=1S/C14H24N2O2/c1-11(2)9-15-6-5-14-16-10-13(18-14)8-12-4-3-7-17-12/h10-12,15H,3-9H2,1-2H3. The second-order valence-corrected chi connectivity index (χ2v) is 5.41. The Kier molecular flexibility index (Phi) is 5.20. The number of hydrogen-bond donors (Lipinski definition) is 1. The van der Waals surface area contributed by atoms with Gasteiger partial charge < -0.3 is 14.5 Å². The molecule has 2 rings (SSSR count). The molecule has 4 heteroatoms. The Balaban J connectivity index is 1.68. The number of hydrogen-bond acceptors (Lipinski definition) is 4. The van der Waals surface area contributed by atoms with Gasteiger partial charge in [-0.1, -0.05) is 13.8 Å². The van der Waals surface area contributed by atoms with E-state index in [1.54, 1.807) is 0 Å². The van der Waals surface area contributed by atoms with Crippen molar-refractivity contribution < 1.29 is 9.15 Å². The van der Waals surface area contributed by atoms with Gasteiger partial charge in [-0.15, -0.1) is 0 Å². The van der Waals surface area contributed by atoms with E-state index in [9.17, 15) is 0 Å². The Hall–Kier alpha value is -0.870. The topological polar surface area (TPSA) is 47.3 Å². The maximum Gasteiger partial charge on any atom is 0.195 e. The number of nitrogens with zero attached hydrogens (tertiary/aromatic N) is 1. The van der Waals surface area contributed by atoms with Crippen LogP contribution >= 0.6 is 0 Å². The molecule has 0 radical (unpaired) electrons. The van der Waals surface area contributed by atoms with Gasteiger partial charge in [-0.05, 0) is 25.3 Å². The minimum absolute atomic E-state index is 0.338. The molecule has 1 aromatic rings. The van der Waals surface area contributed by atoms with E-state index >= 15 is 0 Å². The quantitative estimate of drug-likeness (QED) is 0.756. The highest BCUT2D eigenvalue weighted by Gasteiger charge is 2.18. The average Bonchev–Trinajstić information content (AvgIpc) is 2.97. The zero-order valence-corrected chi connectivity index (χ0v) is 11.4. The maximum atomic E-state index is 5.72. The van der Waals surface area contributed by atoms with E-state index in [4.69, 9.17) is 9.15 Å². The van der Waals surface area contributed by atoms with E-state index in [1.807, 2.05) is 6.20 Å².